The predicted octanol–water partition coefficient (Wildman–Crippen LogP) is 23.0. The molecule has 1 atom stereocenters. The van der Waals surface area contributed by atoms with Gasteiger partial charge in [0.05, 0.1) is 6.42 Å². The summed E-state index contributed by atoms with van der Waals surface area (Å²) in [6.45, 7) is 6.43. The van der Waals surface area contributed by atoms with E-state index in [4.69, 9.17) is 14.2 Å². The molecule has 0 saturated carbocycles. The Bertz CT molecular complexity index is 1590. The van der Waals surface area contributed by atoms with E-state index >= 15 is 0 Å². The number of carbonyl (C=O) groups excluding carboxylic acids is 3. The van der Waals surface area contributed by atoms with E-state index in [1.54, 1.807) is 6.08 Å². The van der Waals surface area contributed by atoms with Crippen molar-refractivity contribution in [1.82, 2.24) is 0 Å². The SMILES string of the molecule is CC/C=C\C/C=C\C/C=C\C/C=C\C/C=C\CC(=O)OCC(COC(=O)CCCCCCCCCCCCCCCCC/C=C\C/C=C\CCCCCCC)OC(=O)CCCCCCCCCCC/C=C\C/C=C\CCCCC. The summed E-state index contributed by atoms with van der Waals surface area (Å²) in [5.74, 6) is -1.04. The van der Waals surface area contributed by atoms with E-state index < -0.39 is 12.1 Å². The zero-order valence-corrected chi connectivity index (χ0v) is 51.9. The molecule has 0 spiro atoms. The van der Waals surface area contributed by atoms with Gasteiger partial charge in [-0.1, -0.05) is 297 Å². The Morgan fingerprint density at radius 3 is 0.911 bits per heavy atom. The standard InChI is InChI=1S/C73H124O6/c1-4-7-10-13-16-19-22-25-28-30-32-33-34-35-36-37-38-39-41-42-45-48-51-54-57-60-63-66-72(75)78-69-70(68-77-71(74)65-62-59-56-53-50-47-44-27-24-21-18-15-12-9-6-3)79-73(76)67-64-61-58-55-52-49-46-43-40-31-29-26-23-20-17-14-11-8-5-2/h9,12,17-18,20-22,25-27,29-30,32,44,50,53,59,62,70H,4-8,10-11,13-16,19,23-24,28,31,33-43,45-49,51-52,54-58,60-61,63-69H2,1-3H3/b12-9-,20-17-,21-18-,25-22-,29-26-,32-30-,44-27-,53-50-,62-59-. The summed E-state index contributed by atoms with van der Waals surface area (Å²) in [4.78, 5) is 38.3. The maximum absolute atomic E-state index is 12.9. The fourth-order valence-electron chi connectivity index (χ4n) is 9.28. The van der Waals surface area contributed by atoms with E-state index in [1.807, 2.05) is 6.08 Å². The zero-order valence-electron chi connectivity index (χ0n) is 51.9. The average Bonchev–Trinajstić information content (AvgIpc) is 3.45. The van der Waals surface area contributed by atoms with Gasteiger partial charge in [-0.25, -0.2) is 0 Å². The van der Waals surface area contributed by atoms with E-state index in [0.29, 0.717) is 12.8 Å². The summed E-state index contributed by atoms with van der Waals surface area (Å²) >= 11 is 0. The van der Waals surface area contributed by atoms with Crippen molar-refractivity contribution in [1.29, 1.82) is 0 Å². The quantitative estimate of drug-likeness (QED) is 0.0261. The van der Waals surface area contributed by atoms with Crippen molar-refractivity contribution in [3.8, 4) is 0 Å². The summed E-state index contributed by atoms with van der Waals surface area (Å²) < 4.78 is 16.8. The second kappa shape index (κ2) is 66.6. The summed E-state index contributed by atoms with van der Waals surface area (Å²) in [5, 5.41) is 0. The molecule has 0 bridgehead atoms. The Balaban J connectivity index is 4.36. The van der Waals surface area contributed by atoms with Crippen LogP contribution in [0.25, 0.3) is 0 Å². The molecule has 0 heterocycles. The topological polar surface area (TPSA) is 78.9 Å². The first-order valence-electron chi connectivity index (χ1n) is 33.4. The van der Waals surface area contributed by atoms with Crippen molar-refractivity contribution in [2.24, 2.45) is 0 Å². The molecule has 0 N–H and O–H groups in total. The number of rotatable bonds is 60. The molecule has 79 heavy (non-hydrogen) atoms. The second-order valence-corrected chi connectivity index (χ2v) is 22.0. The summed E-state index contributed by atoms with van der Waals surface area (Å²) in [7, 11) is 0. The van der Waals surface area contributed by atoms with Gasteiger partial charge in [0.1, 0.15) is 13.2 Å². The molecule has 0 aromatic rings. The first-order valence-corrected chi connectivity index (χ1v) is 33.4. The minimum atomic E-state index is -0.823. The van der Waals surface area contributed by atoms with Crippen molar-refractivity contribution in [2.75, 3.05) is 13.2 Å². The van der Waals surface area contributed by atoms with Gasteiger partial charge >= 0.3 is 17.9 Å². The Hall–Kier alpha value is -3.93. The van der Waals surface area contributed by atoms with E-state index in [1.165, 1.54) is 193 Å². The number of unbranched alkanes of at least 4 members (excludes halogenated alkanes) is 32. The van der Waals surface area contributed by atoms with E-state index in [0.717, 1.165) is 83.5 Å². The van der Waals surface area contributed by atoms with Gasteiger partial charge in [0.15, 0.2) is 6.10 Å². The molecule has 452 valence electrons. The fraction of sp³-hybridized carbons (Fsp3) is 0.712. The van der Waals surface area contributed by atoms with Crippen molar-refractivity contribution >= 4 is 17.9 Å². The summed E-state index contributed by atoms with van der Waals surface area (Å²) in [6.07, 6.45) is 91.3. The molecule has 0 rings (SSSR count). The highest BCUT2D eigenvalue weighted by molar-refractivity contribution is 5.72. The van der Waals surface area contributed by atoms with E-state index in [-0.39, 0.29) is 31.6 Å². The minimum absolute atomic E-state index is 0.109. The van der Waals surface area contributed by atoms with E-state index in [2.05, 4.69) is 118 Å². The lowest BCUT2D eigenvalue weighted by Crippen LogP contribution is -2.30. The van der Waals surface area contributed by atoms with Crippen LogP contribution < -0.4 is 0 Å². The number of hydrogen-bond donors (Lipinski definition) is 0. The lowest BCUT2D eigenvalue weighted by molar-refractivity contribution is -0.166. The predicted molar refractivity (Wildman–Crippen MR) is 343 cm³/mol. The van der Waals surface area contributed by atoms with Crippen molar-refractivity contribution < 1.29 is 28.6 Å². The molecule has 1 unspecified atom stereocenters. The largest absolute Gasteiger partial charge is 0.462 e. The van der Waals surface area contributed by atoms with Crippen molar-refractivity contribution in [3.63, 3.8) is 0 Å². The fourth-order valence-corrected chi connectivity index (χ4v) is 9.28. The summed E-state index contributed by atoms with van der Waals surface area (Å²) in [5.41, 5.74) is 0. The van der Waals surface area contributed by atoms with Crippen LogP contribution in [0.1, 0.15) is 316 Å². The molecular formula is C73H124O6. The Kier molecular flexibility index (Phi) is 63.3. The monoisotopic (exact) mass is 1100 g/mol. The highest BCUT2D eigenvalue weighted by Crippen LogP contribution is 2.16. The van der Waals surface area contributed by atoms with Gasteiger partial charge < -0.3 is 14.2 Å². The van der Waals surface area contributed by atoms with Gasteiger partial charge in [0, 0.05) is 12.8 Å². The lowest BCUT2D eigenvalue weighted by atomic mass is 10.0. The highest BCUT2D eigenvalue weighted by Gasteiger charge is 2.19. The van der Waals surface area contributed by atoms with Crippen LogP contribution in [0.5, 0.6) is 0 Å². The van der Waals surface area contributed by atoms with Crippen LogP contribution in [0.15, 0.2) is 109 Å². The molecule has 0 amide bonds. The van der Waals surface area contributed by atoms with Gasteiger partial charge in [0.2, 0.25) is 0 Å². The molecule has 6 nitrogen and oxygen atoms in total. The van der Waals surface area contributed by atoms with Crippen LogP contribution in [-0.4, -0.2) is 37.2 Å². The molecule has 0 radical (unpaired) electrons. The third-order valence-corrected chi connectivity index (χ3v) is 14.3. The number of carbonyl (C=O) groups is 3. The Morgan fingerprint density at radius 2 is 0.544 bits per heavy atom. The van der Waals surface area contributed by atoms with E-state index in [9.17, 15) is 14.4 Å². The average molecular weight is 1100 g/mol. The molecule has 0 aliphatic carbocycles. The zero-order chi connectivity index (χ0) is 57.1. The van der Waals surface area contributed by atoms with Gasteiger partial charge in [-0.2, -0.15) is 0 Å². The number of hydrogen-bond acceptors (Lipinski definition) is 6. The number of allylic oxidation sites excluding steroid dienone is 17. The first-order chi connectivity index (χ1) is 39.0. The van der Waals surface area contributed by atoms with Crippen LogP contribution in [-0.2, 0) is 28.6 Å². The van der Waals surface area contributed by atoms with Gasteiger partial charge in [-0.3, -0.25) is 14.4 Å². The smallest absolute Gasteiger partial charge is 0.309 e. The highest BCUT2D eigenvalue weighted by atomic mass is 16.6. The van der Waals surface area contributed by atoms with Crippen molar-refractivity contribution in [2.45, 2.75) is 322 Å². The van der Waals surface area contributed by atoms with Crippen LogP contribution in [0.3, 0.4) is 0 Å². The van der Waals surface area contributed by atoms with Gasteiger partial charge in [0.25, 0.3) is 0 Å². The molecule has 6 heteroatoms. The second-order valence-electron chi connectivity index (χ2n) is 22.0. The van der Waals surface area contributed by atoms with Crippen LogP contribution in [0, 0.1) is 0 Å². The first kappa shape index (κ1) is 75.1. The Labute approximate surface area is 489 Å². The lowest BCUT2D eigenvalue weighted by Gasteiger charge is -2.18. The van der Waals surface area contributed by atoms with Gasteiger partial charge in [-0.15, -0.1) is 0 Å². The number of esters is 3. The minimum Gasteiger partial charge on any atom is -0.462 e. The summed E-state index contributed by atoms with van der Waals surface area (Å²) in [6, 6.07) is 0. The Morgan fingerprint density at radius 1 is 0.278 bits per heavy atom. The molecule has 0 fully saturated rings. The molecule has 0 aliphatic heterocycles. The maximum Gasteiger partial charge on any atom is 0.309 e. The molecular weight excluding hydrogens is 973 g/mol. The third-order valence-electron chi connectivity index (χ3n) is 14.3. The molecule has 0 aromatic carbocycles. The van der Waals surface area contributed by atoms with Crippen molar-refractivity contribution in [3.05, 3.63) is 109 Å². The normalized spacial score (nSPS) is 12.8. The van der Waals surface area contributed by atoms with Crippen LogP contribution in [0.4, 0.5) is 0 Å². The van der Waals surface area contributed by atoms with Crippen LogP contribution in [0.2, 0.25) is 0 Å². The molecule has 0 aromatic heterocycles. The molecule has 0 aliphatic rings. The van der Waals surface area contributed by atoms with Gasteiger partial charge in [-0.05, 0) is 109 Å². The maximum atomic E-state index is 12.9. The third kappa shape index (κ3) is 64.8. The molecule has 0 saturated heterocycles. The van der Waals surface area contributed by atoms with Crippen LogP contribution >= 0.6 is 0 Å². The number of ether oxygens (including phenoxy) is 3.